The van der Waals surface area contributed by atoms with E-state index in [4.69, 9.17) is 4.74 Å². The Morgan fingerprint density at radius 3 is 2.81 bits per heavy atom. The number of carbonyl (C=O) groups is 2. The van der Waals surface area contributed by atoms with E-state index in [1.807, 2.05) is 0 Å². The maximum Gasteiger partial charge on any atom is 0.334 e. The third kappa shape index (κ3) is 1.72. The zero-order chi connectivity index (χ0) is 11.7. The quantitative estimate of drug-likeness (QED) is 0.526. The van der Waals surface area contributed by atoms with Crippen LogP contribution in [0.4, 0.5) is 0 Å². The molecule has 88 valence electrons. The number of ether oxygens (including phenoxy) is 2. The summed E-state index contributed by atoms with van der Waals surface area (Å²) >= 11 is 0. The molecule has 0 aromatic carbocycles. The van der Waals surface area contributed by atoms with E-state index >= 15 is 0 Å². The van der Waals surface area contributed by atoms with Crippen molar-refractivity contribution in [3.05, 3.63) is 12.2 Å². The Bertz CT molecular complexity index is 334. The summed E-state index contributed by atoms with van der Waals surface area (Å²) in [6.45, 7) is 3.67. The zero-order valence-electron chi connectivity index (χ0n) is 9.40. The van der Waals surface area contributed by atoms with Gasteiger partial charge >= 0.3 is 11.9 Å². The van der Waals surface area contributed by atoms with Crippen LogP contribution < -0.4 is 0 Å². The molecule has 16 heavy (non-hydrogen) atoms. The molecule has 1 heterocycles. The van der Waals surface area contributed by atoms with Crippen LogP contribution in [0, 0.1) is 11.8 Å². The highest BCUT2D eigenvalue weighted by molar-refractivity contribution is 5.95. The van der Waals surface area contributed by atoms with Gasteiger partial charge in [0.1, 0.15) is 6.10 Å². The van der Waals surface area contributed by atoms with E-state index in [0.717, 1.165) is 25.7 Å². The van der Waals surface area contributed by atoms with E-state index in [-0.39, 0.29) is 23.6 Å². The molecule has 4 heteroatoms. The van der Waals surface area contributed by atoms with Crippen molar-refractivity contribution in [1.82, 2.24) is 0 Å². The first-order valence-corrected chi connectivity index (χ1v) is 5.62. The van der Waals surface area contributed by atoms with Crippen LogP contribution in [0.5, 0.6) is 0 Å². The largest absolute Gasteiger partial charge is 0.466 e. The summed E-state index contributed by atoms with van der Waals surface area (Å²) in [7, 11) is 1.30. The molecule has 0 amide bonds. The Balaban J connectivity index is 2.16. The van der Waals surface area contributed by atoms with Gasteiger partial charge in [-0.05, 0) is 19.3 Å². The summed E-state index contributed by atoms with van der Waals surface area (Å²) in [6.07, 6.45) is 3.99. The van der Waals surface area contributed by atoms with Gasteiger partial charge in [-0.15, -0.1) is 0 Å². The molecule has 3 atom stereocenters. The van der Waals surface area contributed by atoms with Gasteiger partial charge in [-0.2, -0.15) is 0 Å². The number of fused-ring (bicyclic) bond motifs is 1. The van der Waals surface area contributed by atoms with Gasteiger partial charge in [0.05, 0.1) is 13.0 Å². The highest BCUT2D eigenvalue weighted by atomic mass is 16.6. The molecule has 4 nitrogen and oxygen atoms in total. The van der Waals surface area contributed by atoms with Crippen LogP contribution in [0.1, 0.15) is 25.7 Å². The van der Waals surface area contributed by atoms with Crippen molar-refractivity contribution in [3.63, 3.8) is 0 Å². The van der Waals surface area contributed by atoms with Crippen molar-refractivity contribution < 1.29 is 19.1 Å². The van der Waals surface area contributed by atoms with Crippen LogP contribution in [-0.4, -0.2) is 25.2 Å². The van der Waals surface area contributed by atoms with Gasteiger partial charge in [-0.1, -0.05) is 13.0 Å². The maximum absolute atomic E-state index is 11.7. The van der Waals surface area contributed by atoms with Crippen LogP contribution in [0.2, 0.25) is 0 Å². The molecule has 1 saturated heterocycles. The lowest BCUT2D eigenvalue weighted by Gasteiger charge is -2.25. The molecule has 0 aromatic rings. The topological polar surface area (TPSA) is 52.6 Å². The fourth-order valence-corrected chi connectivity index (χ4v) is 2.71. The third-order valence-electron chi connectivity index (χ3n) is 3.53. The molecule has 1 aliphatic carbocycles. The van der Waals surface area contributed by atoms with Crippen molar-refractivity contribution in [1.29, 1.82) is 0 Å². The molecule has 2 fully saturated rings. The third-order valence-corrected chi connectivity index (χ3v) is 3.53. The van der Waals surface area contributed by atoms with Crippen molar-refractivity contribution in [2.24, 2.45) is 11.8 Å². The molecule has 0 bridgehead atoms. The highest BCUT2D eigenvalue weighted by Crippen LogP contribution is 2.41. The Morgan fingerprint density at radius 1 is 1.44 bits per heavy atom. The lowest BCUT2D eigenvalue weighted by atomic mass is 9.77. The van der Waals surface area contributed by atoms with Crippen LogP contribution >= 0.6 is 0 Å². The minimum atomic E-state index is -0.506. The molecule has 2 rings (SSSR count). The molecule has 0 unspecified atom stereocenters. The average molecular weight is 224 g/mol. The fourth-order valence-electron chi connectivity index (χ4n) is 2.71. The number of hydrogen-bond donors (Lipinski definition) is 0. The summed E-state index contributed by atoms with van der Waals surface area (Å²) in [5.74, 6) is -1.19. The monoisotopic (exact) mass is 224 g/mol. The Morgan fingerprint density at radius 2 is 2.12 bits per heavy atom. The Labute approximate surface area is 94.6 Å². The number of hydrogen-bond acceptors (Lipinski definition) is 4. The highest BCUT2D eigenvalue weighted by Gasteiger charge is 2.48. The minimum Gasteiger partial charge on any atom is -0.466 e. The summed E-state index contributed by atoms with van der Waals surface area (Å²) in [6, 6.07) is 0. The lowest BCUT2D eigenvalue weighted by molar-refractivity contribution is -0.146. The van der Waals surface area contributed by atoms with E-state index in [1.54, 1.807) is 0 Å². The van der Waals surface area contributed by atoms with Crippen molar-refractivity contribution in [2.45, 2.75) is 31.8 Å². The van der Waals surface area contributed by atoms with Gasteiger partial charge in [-0.3, -0.25) is 4.79 Å². The zero-order valence-corrected chi connectivity index (χ0v) is 9.40. The van der Waals surface area contributed by atoms with Gasteiger partial charge < -0.3 is 9.47 Å². The molecule has 1 saturated carbocycles. The predicted octanol–water partition coefficient (Wildman–Crippen LogP) is 1.45. The lowest BCUT2D eigenvalue weighted by Crippen LogP contribution is -2.28. The first-order valence-electron chi connectivity index (χ1n) is 5.62. The van der Waals surface area contributed by atoms with E-state index in [0.29, 0.717) is 0 Å². The summed E-state index contributed by atoms with van der Waals surface area (Å²) in [4.78, 5) is 23.1. The molecule has 0 N–H and O–H groups in total. The SMILES string of the molecule is C=C(C(=O)OC)[C@@H]1C(=O)O[C@@H]2CCCC[C@H]12. The van der Waals surface area contributed by atoms with Gasteiger partial charge in [0, 0.05) is 11.5 Å². The number of methoxy groups -OCH3 is 1. The van der Waals surface area contributed by atoms with Crippen molar-refractivity contribution in [2.75, 3.05) is 7.11 Å². The van der Waals surface area contributed by atoms with Crippen molar-refractivity contribution >= 4 is 11.9 Å². The summed E-state index contributed by atoms with van der Waals surface area (Å²) < 4.78 is 9.89. The molecule has 0 spiro atoms. The molecule has 0 aromatic heterocycles. The van der Waals surface area contributed by atoms with Gasteiger partial charge in [0.2, 0.25) is 0 Å². The van der Waals surface area contributed by atoms with E-state index in [2.05, 4.69) is 11.3 Å². The maximum atomic E-state index is 11.7. The van der Waals surface area contributed by atoms with Crippen molar-refractivity contribution in [3.8, 4) is 0 Å². The van der Waals surface area contributed by atoms with Crippen LogP contribution in [-0.2, 0) is 19.1 Å². The van der Waals surface area contributed by atoms with Crippen LogP contribution in [0.15, 0.2) is 12.2 Å². The second-order valence-electron chi connectivity index (χ2n) is 4.42. The molecule has 1 aliphatic heterocycles. The smallest absolute Gasteiger partial charge is 0.334 e. The van der Waals surface area contributed by atoms with Crippen LogP contribution in [0.3, 0.4) is 0 Å². The summed E-state index contributed by atoms with van der Waals surface area (Å²) in [5, 5.41) is 0. The average Bonchev–Trinajstić information content (AvgIpc) is 2.63. The van der Waals surface area contributed by atoms with E-state index < -0.39 is 11.9 Å². The molecular weight excluding hydrogens is 208 g/mol. The standard InChI is InChI=1S/C12H16O4/c1-7(11(13)15-2)10-8-5-3-4-6-9(8)16-12(10)14/h8-10H,1,3-6H2,2H3/t8-,9+,10-/m0/s1. The number of carbonyl (C=O) groups excluding carboxylic acids is 2. The second kappa shape index (κ2) is 4.28. The predicted molar refractivity (Wildman–Crippen MR) is 56.5 cm³/mol. The fraction of sp³-hybridized carbons (Fsp3) is 0.667. The first kappa shape index (κ1) is 11.2. The van der Waals surface area contributed by atoms with Gasteiger partial charge in [0.15, 0.2) is 0 Å². The molecule has 0 radical (unpaired) electrons. The molecular formula is C12H16O4. The Kier molecular flexibility index (Phi) is 2.99. The second-order valence-corrected chi connectivity index (χ2v) is 4.42. The van der Waals surface area contributed by atoms with Crippen LogP contribution in [0.25, 0.3) is 0 Å². The number of esters is 2. The number of rotatable bonds is 2. The molecule has 2 aliphatic rings. The normalized spacial score (nSPS) is 32.8. The summed E-state index contributed by atoms with van der Waals surface area (Å²) in [5.41, 5.74) is 0.238. The van der Waals surface area contributed by atoms with E-state index in [9.17, 15) is 9.59 Å². The van der Waals surface area contributed by atoms with E-state index in [1.165, 1.54) is 7.11 Å². The van der Waals surface area contributed by atoms with Gasteiger partial charge in [-0.25, -0.2) is 4.79 Å². The minimum absolute atomic E-state index is 0.0207. The Hall–Kier alpha value is -1.32. The first-order chi connectivity index (χ1) is 7.65. The van der Waals surface area contributed by atoms with Gasteiger partial charge in [0.25, 0.3) is 0 Å².